The highest BCUT2D eigenvalue weighted by Crippen LogP contribution is 2.43. The summed E-state index contributed by atoms with van der Waals surface area (Å²) < 4.78 is 18.9. The van der Waals surface area contributed by atoms with Gasteiger partial charge in [-0.3, -0.25) is 0 Å². The van der Waals surface area contributed by atoms with Crippen LogP contribution in [-0.2, 0) is 0 Å². The minimum Gasteiger partial charge on any atom is -0.495 e. The van der Waals surface area contributed by atoms with Gasteiger partial charge >= 0.3 is 0 Å². The summed E-state index contributed by atoms with van der Waals surface area (Å²) in [6, 6.07) is 72.2. The monoisotopic (exact) mass is 759 g/mol. The first-order valence-corrected chi connectivity index (χ1v) is 19.9. The number of anilines is 3. The van der Waals surface area contributed by atoms with Crippen molar-refractivity contribution in [3.8, 4) is 50.3 Å². The van der Waals surface area contributed by atoms with Gasteiger partial charge in [-0.05, 0) is 70.8 Å². The Labute approximate surface area is 341 Å². The first-order valence-electron chi connectivity index (χ1n) is 19.9. The van der Waals surface area contributed by atoms with Crippen LogP contribution < -0.4 is 9.64 Å². The fraction of sp³-hybridized carbons (Fsp3) is 0.0182. The third-order valence-corrected chi connectivity index (χ3v) is 11.4. The third kappa shape index (κ3) is 5.93. The summed E-state index contributed by atoms with van der Waals surface area (Å²) in [5, 5.41) is 4.49. The molecule has 11 rings (SSSR count). The van der Waals surface area contributed by atoms with Crippen LogP contribution >= 0.6 is 0 Å². The summed E-state index contributed by atoms with van der Waals surface area (Å²) in [6.07, 6.45) is 0. The molecule has 0 amide bonds. The molecule has 0 atom stereocenters. The van der Waals surface area contributed by atoms with Crippen LogP contribution in [0.25, 0.3) is 88.4 Å². The molecule has 0 bridgehead atoms. The third-order valence-electron chi connectivity index (χ3n) is 11.4. The van der Waals surface area contributed by atoms with Gasteiger partial charge in [-0.2, -0.15) is 0 Å². The number of methoxy groups -OCH3 is 1. The number of benzene rings is 9. The van der Waals surface area contributed by atoms with Crippen LogP contribution in [0.4, 0.5) is 17.1 Å². The summed E-state index contributed by atoms with van der Waals surface area (Å²) in [6.45, 7) is 0. The highest BCUT2D eigenvalue weighted by molar-refractivity contribution is 6.10. The van der Waals surface area contributed by atoms with Crippen molar-refractivity contribution in [2.75, 3.05) is 12.0 Å². The molecule has 0 aliphatic heterocycles. The molecule has 0 N–H and O–H groups in total. The molecule has 0 aliphatic rings. The largest absolute Gasteiger partial charge is 0.495 e. The number of para-hydroxylation sites is 5. The van der Waals surface area contributed by atoms with E-state index in [2.05, 4.69) is 181 Å². The zero-order chi connectivity index (χ0) is 39.3. The van der Waals surface area contributed by atoms with Gasteiger partial charge in [0.15, 0.2) is 0 Å². The second-order valence-corrected chi connectivity index (χ2v) is 14.8. The minimum atomic E-state index is 0.855. The van der Waals surface area contributed by atoms with Crippen LogP contribution in [0.5, 0.6) is 5.75 Å². The summed E-state index contributed by atoms with van der Waals surface area (Å²) >= 11 is 0. The van der Waals surface area contributed by atoms with E-state index in [1.165, 1.54) is 0 Å². The maximum Gasteiger partial charge on any atom is 0.143 e. The van der Waals surface area contributed by atoms with E-state index in [4.69, 9.17) is 13.6 Å². The van der Waals surface area contributed by atoms with Crippen molar-refractivity contribution < 1.29 is 13.6 Å². The smallest absolute Gasteiger partial charge is 0.143 e. The Morgan fingerprint density at radius 2 is 0.678 bits per heavy atom. The number of fused-ring (bicyclic) bond motifs is 6. The van der Waals surface area contributed by atoms with E-state index in [1.807, 2.05) is 30.3 Å². The van der Waals surface area contributed by atoms with Gasteiger partial charge < -0.3 is 18.5 Å². The number of furan rings is 2. The lowest BCUT2D eigenvalue weighted by Crippen LogP contribution is -2.09. The van der Waals surface area contributed by atoms with Gasteiger partial charge in [-0.15, -0.1) is 0 Å². The lowest BCUT2D eigenvalue weighted by Gasteiger charge is -2.26. The van der Waals surface area contributed by atoms with Crippen LogP contribution in [0.1, 0.15) is 0 Å². The number of hydrogen-bond donors (Lipinski definition) is 0. The summed E-state index contributed by atoms with van der Waals surface area (Å²) in [7, 11) is 1.75. The maximum atomic E-state index is 6.42. The van der Waals surface area contributed by atoms with Crippen molar-refractivity contribution in [2.24, 2.45) is 0 Å². The molecule has 11 aromatic rings. The molecular formula is C55H37NO3. The van der Waals surface area contributed by atoms with Crippen LogP contribution in [0, 0.1) is 0 Å². The lowest BCUT2D eigenvalue weighted by molar-refractivity contribution is 0.418. The number of nitrogens with zero attached hydrogens (tertiary/aromatic N) is 1. The van der Waals surface area contributed by atoms with E-state index in [9.17, 15) is 0 Å². The maximum absolute atomic E-state index is 6.42. The van der Waals surface area contributed by atoms with Gasteiger partial charge in [0.1, 0.15) is 28.1 Å². The Morgan fingerprint density at radius 3 is 1.14 bits per heavy atom. The molecule has 0 spiro atoms. The zero-order valence-corrected chi connectivity index (χ0v) is 32.3. The molecule has 2 aromatic heterocycles. The lowest BCUT2D eigenvalue weighted by atomic mass is 9.97. The molecule has 2 heterocycles. The van der Waals surface area contributed by atoms with E-state index in [0.29, 0.717) is 0 Å². The van der Waals surface area contributed by atoms with E-state index < -0.39 is 0 Å². The summed E-state index contributed by atoms with van der Waals surface area (Å²) in [5.74, 6) is 0.855. The van der Waals surface area contributed by atoms with Gasteiger partial charge in [0.2, 0.25) is 0 Å². The molecule has 0 fully saturated rings. The van der Waals surface area contributed by atoms with Crippen molar-refractivity contribution in [3.63, 3.8) is 0 Å². The molecule has 59 heavy (non-hydrogen) atoms. The topological polar surface area (TPSA) is 38.8 Å². The zero-order valence-electron chi connectivity index (χ0n) is 32.3. The van der Waals surface area contributed by atoms with E-state index >= 15 is 0 Å². The molecule has 0 radical (unpaired) electrons. The second-order valence-electron chi connectivity index (χ2n) is 14.8. The molecule has 0 aliphatic carbocycles. The molecule has 0 unspecified atom stereocenters. The van der Waals surface area contributed by atoms with Crippen molar-refractivity contribution in [3.05, 3.63) is 206 Å². The molecule has 9 aromatic carbocycles. The van der Waals surface area contributed by atoms with Gasteiger partial charge in [0.05, 0.1) is 7.11 Å². The fourth-order valence-electron chi connectivity index (χ4n) is 8.60. The predicted molar refractivity (Wildman–Crippen MR) is 244 cm³/mol. The van der Waals surface area contributed by atoms with Crippen LogP contribution in [0.15, 0.2) is 215 Å². The molecule has 0 saturated heterocycles. The Morgan fingerprint density at radius 1 is 0.322 bits per heavy atom. The highest BCUT2D eigenvalue weighted by atomic mass is 16.5. The minimum absolute atomic E-state index is 0.855. The highest BCUT2D eigenvalue weighted by Gasteiger charge is 2.18. The van der Waals surface area contributed by atoms with E-state index in [0.717, 1.165) is 111 Å². The van der Waals surface area contributed by atoms with Crippen molar-refractivity contribution >= 4 is 60.9 Å². The van der Waals surface area contributed by atoms with Crippen LogP contribution in [0.3, 0.4) is 0 Å². The first-order chi connectivity index (χ1) is 29.2. The fourth-order valence-corrected chi connectivity index (χ4v) is 8.60. The SMILES string of the molecule is COc1c(-c2ccccc2)cccc1-c1ccc(N(c2ccc(-c3cccc4c3oc3ccccc34)cc2)c2ccc(-c3cccc4c3oc3ccccc34)cc2)cc1. The molecular weight excluding hydrogens is 723 g/mol. The van der Waals surface area contributed by atoms with Crippen molar-refractivity contribution in [2.45, 2.75) is 0 Å². The Bertz CT molecular complexity index is 3130. The molecule has 0 saturated carbocycles. The average molecular weight is 760 g/mol. The van der Waals surface area contributed by atoms with Crippen LogP contribution in [-0.4, -0.2) is 7.11 Å². The predicted octanol–water partition coefficient (Wildman–Crippen LogP) is 15.6. The molecule has 4 heteroatoms. The molecule has 4 nitrogen and oxygen atoms in total. The van der Waals surface area contributed by atoms with Crippen molar-refractivity contribution in [1.29, 1.82) is 0 Å². The Hall–Kier alpha value is -7.82. The first kappa shape index (κ1) is 34.4. The molecule has 280 valence electrons. The Balaban J connectivity index is 0.999. The normalized spacial score (nSPS) is 11.5. The van der Waals surface area contributed by atoms with E-state index in [-0.39, 0.29) is 0 Å². The average Bonchev–Trinajstić information content (AvgIpc) is 3.89. The standard InChI is InChI=1S/C55H37NO3/c1-57-53-43(36-12-3-2-4-13-36)16-9-17-44(53)37-24-30-40(31-25-37)56(41-32-26-38(27-33-41)45-18-10-20-49-47-14-5-7-22-51(47)58-54(45)49)42-34-28-39(29-35-42)46-19-11-21-50-48-15-6-8-23-52(48)59-55(46)50/h2-35H,1H3. The number of hydrogen-bond acceptors (Lipinski definition) is 4. The second kappa shape index (κ2) is 14.3. The van der Waals surface area contributed by atoms with Gasteiger partial charge in [0, 0.05) is 60.9 Å². The summed E-state index contributed by atoms with van der Waals surface area (Å²) in [4.78, 5) is 2.30. The van der Waals surface area contributed by atoms with Gasteiger partial charge in [-0.1, -0.05) is 158 Å². The quantitative estimate of drug-likeness (QED) is 0.155. The van der Waals surface area contributed by atoms with Crippen molar-refractivity contribution in [1.82, 2.24) is 0 Å². The van der Waals surface area contributed by atoms with Gasteiger partial charge in [0.25, 0.3) is 0 Å². The van der Waals surface area contributed by atoms with E-state index in [1.54, 1.807) is 7.11 Å². The van der Waals surface area contributed by atoms with Gasteiger partial charge in [-0.25, -0.2) is 0 Å². The number of ether oxygens (including phenoxy) is 1. The van der Waals surface area contributed by atoms with Crippen LogP contribution in [0.2, 0.25) is 0 Å². The number of rotatable bonds is 8. The Kier molecular flexibility index (Phi) is 8.34. The summed E-state index contributed by atoms with van der Waals surface area (Å²) in [5.41, 5.74) is 15.3.